The second-order valence-electron chi connectivity index (χ2n) is 5.73. The van der Waals surface area contributed by atoms with Crippen molar-refractivity contribution in [1.29, 1.82) is 0 Å². The Labute approximate surface area is 134 Å². The summed E-state index contributed by atoms with van der Waals surface area (Å²) in [6.45, 7) is 4.34. The van der Waals surface area contributed by atoms with E-state index in [2.05, 4.69) is 56.3 Å². The van der Waals surface area contributed by atoms with Gasteiger partial charge in [0, 0.05) is 18.2 Å². The predicted molar refractivity (Wildman–Crippen MR) is 95.1 cm³/mol. The van der Waals surface area contributed by atoms with E-state index in [0.29, 0.717) is 6.10 Å². The monoisotopic (exact) mass is 297 g/mol. The summed E-state index contributed by atoms with van der Waals surface area (Å²) in [7, 11) is 1.81. The number of methoxy groups -OCH3 is 1. The third-order valence-electron chi connectivity index (χ3n) is 4.05. The highest BCUT2D eigenvalue weighted by Gasteiger charge is 2.03. The normalized spacial score (nSPS) is 13.0. The number of rotatable bonds is 8. The van der Waals surface area contributed by atoms with Gasteiger partial charge in [0.1, 0.15) is 0 Å². The van der Waals surface area contributed by atoms with Gasteiger partial charge in [0.25, 0.3) is 0 Å². The molecule has 0 aliphatic heterocycles. The van der Waals surface area contributed by atoms with Gasteiger partial charge in [0.05, 0.1) is 11.6 Å². The minimum absolute atomic E-state index is 0.389. The third-order valence-corrected chi connectivity index (χ3v) is 4.05. The maximum atomic E-state index is 5.48. The van der Waals surface area contributed by atoms with Crippen molar-refractivity contribution in [2.24, 2.45) is 0 Å². The van der Waals surface area contributed by atoms with Crippen LogP contribution in [0.2, 0.25) is 0 Å². The number of aromatic nitrogens is 1. The number of benzene rings is 1. The molecule has 0 aliphatic rings. The first-order valence-electron chi connectivity index (χ1n) is 8.35. The van der Waals surface area contributed by atoms with Crippen LogP contribution in [0.15, 0.2) is 36.4 Å². The zero-order valence-corrected chi connectivity index (χ0v) is 14.0. The Morgan fingerprint density at radius 3 is 2.68 bits per heavy atom. The molecule has 2 heteroatoms. The van der Waals surface area contributed by atoms with Crippen LogP contribution in [-0.2, 0) is 11.2 Å². The summed E-state index contributed by atoms with van der Waals surface area (Å²) in [4.78, 5) is 4.69. The molecule has 2 aromatic rings. The van der Waals surface area contributed by atoms with Crippen LogP contribution in [0, 0.1) is 0 Å². The molecule has 0 fully saturated rings. The molecule has 2 rings (SSSR count). The fourth-order valence-corrected chi connectivity index (χ4v) is 2.68. The summed E-state index contributed by atoms with van der Waals surface area (Å²) in [5.74, 6) is 0. The molecule has 0 spiro atoms. The van der Waals surface area contributed by atoms with E-state index in [4.69, 9.17) is 9.72 Å². The number of ether oxygens (including phenoxy) is 1. The molecule has 0 amide bonds. The van der Waals surface area contributed by atoms with Crippen molar-refractivity contribution in [3.05, 3.63) is 47.7 Å². The van der Waals surface area contributed by atoms with Crippen LogP contribution in [0.5, 0.6) is 0 Å². The van der Waals surface area contributed by atoms with Gasteiger partial charge in [-0.3, -0.25) is 4.98 Å². The number of allylic oxidation sites excluding steroid dienone is 1. The molecule has 0 bridgehead atoms. The molecule has 1 aromatic carbocycles. The smallest absolute Gasteiger partial charge is 0.0711 e. The van der Waals surface area contributed by atoms with Gasteiger partial charge in [0.2, 0.25) is 0 Å². The zero-order chi connectivity index (χ0) is 15.8. The van der Waals surface area contributed by atoms with Crippen molar-refractivity contribution in [2.45, 2.75) is 52.1 Å². The molecule has 1 heterocycles. The summed E-state index contributed by atoms with van der Waals surface area (Å²) >= 11 is 0. The lowest BCUT2D eigenvalue weighted by Gasteiger charge is -2.12. The number of nitrogens with zero attached hydrogens (tertiary/aromatic N) is 1. The first-order valence-corrected chi connectivity index (χ1v) is 8.35. The van der Waals surface area contributed by atoms with E-state index >= 15 is 0 Å². The van der Waals surface area contributed by atoms with Gasteiger partial charge in [0.15, 0.2) is 0 Å². The molecule has 22 heavy (non-hydrogen) atoms. The molecule has 118 valence electrons. The predicted octanol–water partition coefficient (Wildman–Crippen LogP) is 5.41. The van der Waals surface area contributed by atoms with Gasteiger partial charge in [-0.2, -0.15) is 0 Å². The van der Waals surface area contributed by atoms with Gasteiger partial charge < -0.3 is 4.74 Å². The highest BCUT2D eigenvalue weighted by Crippen LogP contribution is 2.17. The number of hydrogen-bond acceptors (Lipinski definition) is 2. The molecule has 2 nitrogen and oxygen atoms in total. The average Bonchev–Trinajstić information content (AvgIpc) is 2.56. The quantitative estimate of drug-likeness (QED) is 0.650. The van der Waals surface area contributed by atoms with Crippen LogP contribution in [0.4, 0.5) is 0 Å². The van der Waals surface area contributed by atoms with E-state index in [9.17, 15) is 0 Å². The van der Waals surface area contributed by atoms with Gasteiger partial charge in [-0.25, -0.2) is 0 Å². The Morgan fingerprint density at radius 2 is 1.95 bits per heavy atom. The summed E-state index contributed by atoms with van der Waals surface area (Å²) in [5.41, 5.74) is 3.45. The summed E-state index contributed by atoms with van der Waals surface area (Å²) < 4.78 is 5.48. The molecule has 0 saturated carbocycles. The SMILES string of the molecule is CCCC(CC/C=C/c1ccc2ccc(CC)nc2c1)OC. The fraction of sp³-hybridized carbons (Fsp3) is 0.450. The number of aryl methyl sites for hydroxylation is 1. The first kappa shape index (κ1) is 16.7. The van der Waals surface area contributed by atoms with Crippen molar-refractivity contribution in [2.75, 3.05) is 7.11 Å². The van der Waals surface area contributed by atoms with Crippen LogP contribution >= 0.6 is 0 Å². The van der Waals surface area contributed by atoms with E-state index in [1.807, 2.05) is 7.11 Å². The van der Waals surface area contributed by atoms with Gasteiger partial charge in [-0.1, -0.05) is 50.6 Å². The van der Waals surface area contributed by atoms with E-state index in [1.54, 1.807) is 0 Å². The van der Waals surface area contributed by atoms with Crippen LogP contribution < -0.4 is 0 Å². The molecule has 0 N–H and O–H groups in total. The maximum absolute atomic E-state index is 5.48. The minimum atomic E-state index is 0.389. The molecule has 0 radical (unpaired) electrons. The van der Waals surface area contributed by atoms with E-state index in [-0.39, 0.29) is 0 Å². The Kier molecular flexibility index (Phi) is 6.60. The van der Waals surface area contributed by atoms with Gasteiger partial charge in [-0.15, -0.1) is 0 Å². The minimum Gasteiger partial charge on any atom is -0.381 e. The number of fused-ring (bicyclic) bond motifs is 1. The first-order chi connectivity index (χ1) is 10.8. The Hall–Kier alpha value is -1.67. The third kappa shape index (κ3) is 4.67. The lowest BCUT2D eigenvalue weighted by Crippen LogP contribution is -2.08. The van der Waals surface area contributed by atoms with E-state index in [1.165, 1.54) is 17.4 Å². The van der Waals surface area contributed by atoms with Crippen LogP contribution in [0.3, 0.4) is 0 Å². The molecule has 1 unspecified atom stereocenters. The Bertz CT molecular complexity index is 618. The maximum Gasteiger partial charge on any atom is 0.0711 e. The van der Waals surface area contributed by atoms with Crippen LogP contribution in [-0.4, -0.2) is 18.2 Å². The van der Waals surface area contributed by atoms with Gasteiger partial charge >= 0.3 is 0 Å². The molecular weight excluding hydrogens is 270 g/mol. The molecule has 1 atom stereocenters. The second kappa shape index (κ2) is 8.70. The second-order valence-corrected chi connectivity index (χ2v) is 5.73. The van der Waals surface area contributed by atoms with Crippen LogP contribution in [0.25, 0.3) is 17.0 Å². The Morgan fingerprint density at radius 1 is 1.14 bits per heavy atom. The lowest BCUT2D eigenvalue weighted by atomic mass is 10.1. The Balaban J connectivity index is 2.00. The van der Waals surface area contributed by atoms with Crippen LogP contribution in [0.1, 0.15) is 50.8 Å². The average molecular weight is 297 g/mol. The van der Waals surface area contributed by atoms with Crippen molar-refractivity contribution in [1.82, 2.24) is 4.98 Å². The van der Waals surface area contributed by atoms with Crippen molar-refractivity contribution < 1.29 is 4.74 Å². The summed E-state index contributed by atoms with van der Waals surface area (Å²) in [5, 5.41) is 1.21. The van der Waals surface area contributed by atoms with Gasteiger partial charge in [-0.05, 0) is 43.4 Å². The largest absolute Gasteiger partial charge is 0.381 e. The molecule has 1 aromatic heterocycles. The zero-order valence-electron chi connectivity index (χ0n) is 14.0. The topological polar surface area (TPSA) is 22.1 Å². The van der Waals surface area contributed by atoms with Crippen molar-refractivity contribution >= 4 is 17.0 Å². The summed E-state index contributed by atoms with van der Waals surface area (Å²) in [6.07, 6.45) is 10.3. The van der Waals surface area contributed by atoms with E-state index in [0.717, 1.165) is 36.9 Å². The highest BCUT2D eigenvalue weighted by molar-refractivity contribution is 5.81. The molecular formula is C20H27NO. The van der Waals surface area contributed by atoms with Crippen molar-refractivity contribution in [3.8, 4) is 0 Å². The fourth-order valence-electron chi connectivity index (χ4n) is 2.68. The number of hydrogen-bond donors (Lipinski definition) is 0. The highest BCUT2D eigenvalue weighted by atomic mass is 16.5. The molecule has 0 aliphatic carbocycles. The summed E-state index contributed by atoms with van der Waals surface area (Å²) in [6, 6.07) is 10.7. The standard InChI is InChI=1S/C20H27NO/c1-4-8-19(22-3)10-7-6-9-16-11-12-17-13-14-18(5-2)21-20(17)15-16/h6,9,11-15,19H,4-5,7-8,10H2,1-3H3/b9-6+. The van der Waals surface area contributed by atoms with E-state index < -0.39 is 0 Å². The van der Waals surface area contributed by atoms with Crippen molar-refractivity contribution in [3.63, 3.8) is 0 Å². The number of pyridine rings is 1. The lowest BCUT2D eigenvalue weighted by molar-refractivity contribution is 0.0883. The molecule has 0 saturated heterocycles.